The maximum atomic E-state index is 13.8. The summed E-state index contributed by atoms with van der Waals surface area (Å²) in [7, 11) is 3.11. The van der Waals surface area contributed by atoms with Crippen LogP contribution in [0.1, 0.15) is 22.8 Å². The lowest BCUT2D eigenvalue weighted by molar-refractivity contribution is -0.119. The molecule has 0 saturated heterocycles. The molecule has 2 aromatic carbocycles. The summed E-state index contributed by atoms with van der Waals surface area (Å²) >= 11 is 7.71. The van der Waals surface area contributed by atoms with Gasteiger partial charge in [0.1, 0.15) is 26.3 Å². The zero-order valence-corrected chi connectivity index (χ0v) is 17.6. The van der Waals surface area contributed by atoms with Gasteiger partial charge in [0.15, 0.2) is 5.78 Å². The quantitative estimate of drug-likeness (QED) is 0.583. The SMILES string of the molecule is COc1cccc(C2(C)C(=O)Nc3sc(Cl)c(-c4ccccc4OC)c3C2=O)c1. The van der Waals surface area contributed by atoms with Crippen LogP contribution in [0, 0.1) is 0 Å². The van der Waals surface area contributed by atoms with Crippen molar-refractivity contribution in [3.8, 4) is 22.6 Å². The number of rotatable bonds is 4. The van der Waals surface area contributed by atoms with Crippen molar-refractivity contribution in [1.29, 1.82) is 0 Å². The molecule has 5 nitrogen and oxygen atoms in total. The lowest BCUT2D eigenvalue weighted by Gasteiger charge is -2.32. The highest BCUT2D eigenvalue weighted by Crippen LogP contribution is 2.51. The first kappa shape index (κ1) is 19.5. The molecule has 1 aromatic heterocycles. The molecule has 3 aromatic rings. The maximum Gasteiger partial charge on any atom is 0.243 e. The summed E-state index contributed by atoms with van der Waals surface area (Å²) in [6.07, 6.45) is 0. The van der Waals surface area contributed by atoms with Gasteiger partial charge in [-0.25, -0.2) is 0 Å². The van der Waals surface area contributed by atoms with Crippen molar-refractivity contribution < 1.29 is 19.1 Å². The Morgan fingerprint density at radius 1 is 1.00 bits per heavy atom. The number of para-hydroxylation sites is 1. The van der Waals surface area contributed by atoms with E-state index in [0.717, 1.165) is 0 Å². The second kappa shape index (κ2) is 7.21. The molecule has 2 heterocycles. The average Bonchev–Trinajstić information content (AvgIpc) is 3.07. The first-order valence-corrected chi connectivity index (χ1v) is 10.1. The Balaban J connectivity index is 1.94. The number of thiophene rings is 1. The zero-order valence-electron chi connectivity index (χ0n) is 16.0. The third kappa shape index (κ3) is 2.91. The molecule has 1 N–H and O–H groups in total. The van der Waals surface area contributed by atoms with Crippen LogP contribution >= 0.6 is 22.9 Å². The lowest BCUT2D eigenvalue weighted by Crippen LogP contribution is -2.48. The Labute approximate surface area is 177 Å². The van der Waals surface area contributed by atoms with Gasteiger partial charge in [0.2, 0.25) is 5.91 Å². The van der Waals surface area contributed by atoms with Gasteiger partial charge in [-0.15, -0.1) is 11.3 Å². The summed E-state index contributed by atoms with van der Waals surface area (Å²) in [5, 5.41) is 3.33. The molecular formula is C22H18ClNO4S. The summed E-state index contributed by atoms with van der Waals surface area (Å²) in [6, 6.07) is 14.3. The highest BCUT2D eigenvalue weighted by Gasteiger charge is 2.50. The number of anilines is 1. The monoisotopic (exact) mass is 427 g/mol. The highest BCUT2D eigenvalue weighted by molar-refractivity contribution is 7.21. The van der Waals surface area contributed by atoms with E-state index in [9.17, 15) is 9.59 Å². The number of hydrogen-bond donors (Lipinski definition) is 1. The van der Waals surface area contributed by atoms with Crippen LogP contribution in [-0.2, 0) is 10.2 Å². The van der Waals surface area contributed by atoms with Crippen LogP contribution in [0.2, 0.25) is 4.34 Å². The number of Topliss-reactive ketones (excluding diaryl/α,β-unsaturated/α-hetero) is 1. The molecule has 0 aliphatic carbocycles. The molecule has 1 amide bonds. The molecule has 0 radical (unpaired) electrons. The predicted molar refractivity (Wildman–Crippen MR) is 115 cm³/mol. The van der Waals surface area contributed by atoms with E-state index in [1.807, 2.05) is 24.3 Å². The van der Waals surface area contributed by atoms with E-state index in [2.05, 4.69) is 5.32 Å². The van der Waals surface area contributed by atoms with Crippen molar-refractivity contribution in [2.75, 3.05) is 19.5 Å². The fourth-order valence-electron chi connectivity index (χ4n) is 3.58. The van der Waals surface area contributed by atoms with Gasteiger partial charge in [-0.1, -0.05) is 41.9 Å². The van der Waals surface area contributed by atoms with Crippen LogP contribution in [0.5, 0.6) is 11.5 Å². The van der Waals surface area contributed by atoms with Gasteiger partial charge in [-0.2, -0.15) is 0 Å². The summed E-state index contributed by atoms with van der Waals surface area (Å²) in [6.45, 7) is 1.62. The van der Waals surface area contributed by atoms with Gasteiger partial charge in [0.05, 0.1) is 19.8 Å². The summed E-state index contributed by atoms with van der Waals surface area (Å²) < 4.78 is 11.2. The molecule has 29 heavy (non-hydrogen) atoms. The van der Waals surface area contributed by atoms with Gasteiger partial charge in [-0.3, -0.25) is 9.59 Å². The first-order valence-electron chi connectivity index (χ1n) is 8.88. The smallest absolute Gasteiger partial charge is 0.243 e. The Kier molecular flexibility index (Phi) is 4.84. The van der Waals surface area contributed by atoms with Crippen molar-refractivity contribution in [1.82, 2.24) is 0 Å². The van der Waals surface area contributed by atoms with Gasteiger partial charge >= 0.3 is 0 Å². The molecule has 1 aliphatic heterocycles. The second-order valence-corrected chi connectivity index (χ2v) is 8.42. The normalized spacial score (nSPS) is 18.2. The van der Waals surface area contributed by atoms with Gasteiger partial charge < -0.3 is 14.8 Å². The molecule has 0 bridgehead atoms. The fraction of sp³-hybridized carbons (Fsp3) is 0.182. The van der Waals surface area contributed by atoms with Crippen LogP contribution in [0.15, 0.2) is 48.5 Å². The first-order chi connectivity index (χ1) is 13.9. The van der Waals surface area contributed by atoms with Crippen molar-refractivity contribution >= 4 is 39.6 Å². The number of benzene rings is 2. The van der Waals surface area contributed by atoms with Crippen LogP contribution in [-0.4, -0.2) is 25.9 Å². The van der Waals surface area contributed by atoms with E-state index in [4.69, 9.17) is 21.1 Å². The van der Waals surface area contributed by atoms with E-state index in [-0.39, 0.29) is 5.78 Å². The Bertz CT molecular complexity index is 1140. The molecule has 4 rings (SSSR count). The second-order valence-electron chi connectivity index (χ2n) is 6.80. The Hall–Kier alpha value is -2.83. The van der Waals surface area contributed by atoms with Crippen molar-refractivity contribution in [2.24, 2.45) is 0 Å². The Morgan fingerprint density at radius 3 is 2.48 bits per heavy atom. The topological polar surface area (TPSA) is 64.6 Å². The van der Waals surface area contributed by atoms with E-state index >= 15 is 0 Å². The number of fused-ring (bicyclic) bond motifs is 1. The number of amides is 1. The molecule has 1 atom stereocenters. The summed E-state index contributed by atoms with van der Waals surface area (Å²) in [5.41, 5.74) is 0.814. The lowest BCUT2D eigenvalue weighted by atomic mass is 9.73. The largest absolute Gasteiger partial charge is 0.497 e. The number of ether oxygens (including phenoxy) is 2. The van der Waals surface area contributed by atoms with Crippen LogP contribution in [0.4, 0.5) is 5.00 Å². The molecule has 0 spiro atoms. The number of halogens is 1. The molecule has 1 unspecified atom stereocenters. The average molecular weight is 428 g/mol. The van der Waals surface area contributed by atoms with Gasteiger partial charge in [-0.05, 0) is 30.7 Å². The van der Waals surface area contributed by atoms with Gasteiger partial charge in [0, 0.05) is 11.1 Å². The third-order valence-corrected chi connectivity index (χ3v) is 6.57. The molecule has 1 aliphatic rings. The number of nitrogens with one attached hydrogen (secondary N) is 1. The van der Waals surface area contributed by atoms with E-state index in [1.54, 1.807) is 45.4 Å². The van der Waals surface area contributed by atoms with E-state index in [0.29, 0.717) is 43.1 Å². The van der Waals surface area contributed by atoms with Crippen LogP contribution in [0.3, 0.4) is 0 Å². The van der Waals surface area contributed by atoms with E-state index in [1.165, 1.54) is 11.3 Å². The molecular weight excluding hydrogens is 410 g/mol. The number of methoxy groups -OCH3 is 2. The van der Waals surface area contributed by atoms with Crippen molar-refractivity contribution in [3.63, 3.8) is 0 Å². The minimum absolute atomic E-state index is 0.312. The number of hydrogen-bond acceptors (Lipinski definition) is 5. The van der Waals surface area contributed by atoms with Gasteiger partial charge in [0.25, 0.3) is 0 Å². The summed E-state index contributed by atoms with van der Waals surface area (Å²) in [4.78, 5) is 26.8. The highest BCUT2D eigenvalue weighted by atomic mass is 35.5. The molecule has 148 valence electrons. The standard InChI is InChI=1S/C22H18ClNO4S/c1-22(12-7-6-8-13(11-12)27-2)18(25)17-16(14-9-4-5-10-15(14)28-3)19(23)29-20(17)24-21(22)26/h4-11H,1-3H3,(H,24,26). The van der Waals surface area contributed by atoms with E-state index < -0.39 is 11.3 Å². The minimum atomic E-state index is -1.41. The predicted octanol–water partition coefficient (Wildman–Crippen LogP) is 5.18. The Morgan fingerprint density at radius 2 is 1.76 bits per heavy atom. The molecule has 0 fully saturated rings. The number of carbonyl (C=O) groups excluding carboxylic acids is 2. The molecule has 7 heteroatoms. The number of carbonyl (C=O) groups is 2. The minimum Gasteiger partial charge on any atom is -0.497 e. The van der Waals surface area contributed by atoms with Crippen molar-refractivity contribution in [3.05, 3.63) is 64.0 Å². The molecule has 0 saturated carbocycles. The van der Waals surface area contributed by atoms with Crippen LogP contribution in [0.25, 0.3) is 11.1 Å². The number of ketones is 1. The maximum absolute atomic E-state index is 13.8. The fourth-order valence-corrected chi connectivity index (χ4v) is 4.94. The summed E-state index contributed by atoms with van der Waals surface area (Å²) in [5.74, 6) is 0.465. The van der Waals surface area contributed by atoms with Crippen molar-refractivity contribution in [2.45, 2.75) is 12.3 Å². The van der Waals surface area contributed by atoms with Crippen LogP contribution < -0.4 is 14.8 Å². The third-order valence-electron chi connectivity index (χ3n) is 5.25. The zero-order chi connectivity index (χ0) is 20.8.